The number of thiophene rings is 2. The number of alkyl halides is 3. The van der Waals surface area contributed by atoms with E-state index in [1.54, 1.807) is 15.2 Å². The molecule has 2 aliphatic rings. The molecule has 5 heterocycles. The van der Waals surface area contributed by atoms with Gasteiger partial charge in [-0.2, -0.15) is 18.2 Å². The lowest BCUT2D eigenvalue weighted by molar-refractivity contribution is -0.137. The van der Waals surface area contributed by atoms with Gasteiger partial charge in [0.2, 0.25) is 5.91 Å². The first-order valence-electron chi connectivity index (χ1n) is 13.4. The van der Waals surface area contributed by atoms with Crippen LogP contribution in [0.25, 0.3) is 21.3 Å². The normalized spacial score (nSPS) is 20.9. The van der Waals surface area contributed by atoms with Crippen LogP contribution < -0.4 is 10.6 Å². The largest absolute Gasteiger partial charge is 0.417 e. The van der Waals surface area contributed by atoms with Gasteiger partial charge in [0.15, 0.2) is 0 Å². The first-order chi connectivity index (χ1) is 20.4. The number of piperazine rings is 1. The van der Waals surface area contributed by atoms with Gasteiger partial charge in [-0.3, -0.25) is 9.36 Å². The van der Waals surface area contributed by atoms with Gasteiger partial charge in [-0.05, 0) is 38.1 Å². The Balaban J connectivity index is 1.62. The molecule has 14 heteroatoms. The Morgan fingerprint density at radius 2 is 1.84 bits per heavy atom. The lowest BCUT2D eigenvalue weighted by atomic mass is 10.00. The number of aromatic nitrogens is 2. The van der Waals surface area contributed by atoms with E-state index in [4.69, 9.17) is 11.6 Å². The molecule has 0 unspecified atom stereocenters. The highest BCUT2D eigenvalue weighted by Gasteiger charge is 2.40. The number of carbonyl (C=O) groups is 1. The van der Waals surface area contributed by atoms with Crippen molar-refractivity contribution in [2.45, 2.75) is 49.5 Å². The predicted octanol–water partition coefficient (Wildman–Crippen LogP) is 7.50. The summed E-state index contributed by atoms with van der Waals surface area (Å²) in [6, 6.07) is 3.36. The number of carbonyl (C=O) groups excluding carboxylic acids is 1. The third-order valence-electron chi connectivity index (χ3n) is 7.79. The number of hydrogen-bond donors (Lipinski definition) is 0. The highest BCUT2D eigenvalue weighted by atomic mass is 35.5. The number of halogens is 5. The van der Waals surface area contributed by atoms with Gasteiger partial charge < -0.3 is 9.80 Å². The molecule has 1 amide bonds. The number of thioether (sulfide) groups is 1. The monoisotopic (exact) mass is 668 g/mol. The first-order valence-corrected chi connectivity index (χ1v) is 16.5. The van der Waals surface area contributed by atoms with Gasteiger partial charge in [0.05, 0.1) is 16.1 Å². The Morgan fingerprint density at radius 1 is 1.12 bits per heavy atom. The van der Waals surface area contributed by atoms with Gasteiger partial charge in [0.1, 0.15) is 11.6 Å². The van der Waals surface area contributed by atoms with Crippen LogP contribution in [0.4, 0.5) is 23.4 Å². The maximum absolute atomic E-state index is 14.9. The summed E-state index contributed by atoms with van der Waals surface area (Å²) in [7, 11) is 0. The molecule has 0 spiro atoms. The van der Waals surface area contributed by atoms with E-state index >= 15 is 0 Å². The quantitative estimate of drug-likeness (QED) is 0.167. The Morgan fingerprint density at radius 3 is 2.42 bits per heavy atom. The summed E-state index contributed by atoms with van der Waals surface area (Å²) in [4.78, 5) is 35.5. The second-order valence-corrected chi connectivity index (χ2v) is 14.0. The lowest BCUT2D eigenvalue weighted by Gasteiger charge is -2.44. The highest BCUT2D eigenvalue weighted by Crippen LogP contribution is 2.51. The molecule has 0 aliphatic carbocycles. The molecular formula is C29H25ClF4N4O2S3. The van der Waals surface area contributed by atoms with Crippen LogP contribution in [0.5, 0.6) is 0 Å². The fraction of sp³-hybridized carbons (Fsp3) is 0.345. The highest BCUT2D eigenvalue weighted by molar-refractivity contribution is 7.99. The van der Waals surface area contributed by atoms with Crippen molar-refractivity contribution in [2.75, 3.05) is 23.7 Å². The number of amides is 1. The summed E-state index contributed by atoms with van der Waals surface area (Å²) < 4.78 is 60.0. The van der Waals surface area contributed by atoms with Crippen molar-refractivity contribution in [1.82, 2.24) is 14.5 Å². The third-order valence-corrected chi connectivity index (χ3v) is 11.4. The zero-order chi connectivity index (χ0) is 30.8. The van der Waals surface area contributed by atoms with Crippen LogP contribution in [0, 0.1) is 5.82 Å². The van der Waals surface area contributed by atoms with Crippen molar-refractivity contribution in [3.8, 4) is 10.4 Å². The number of anilines is 1. The average molecular weight is 669 g/mol. The molecule has 6 rings (SSSR count). The Kier molecular flexibility index (Phi) is 7.89. The second kappa shape index (κ2) is 11.2. The molecule has 3 aromatic heterocycles. The van der Waals surface area contributed by atoms with Gasteiger partial charge in [0, 0.05) is 79.7 Å². The molecule has 3 atom stereocenters. The molecule has 1 fully saturated rings. The summed E-state index contributed by atoms with van der Waals surface area (Å²) in [5, 5.41) is 3.46. The summed E-state index contributed by atoms with van der Waals surface area (Å²) in [6.45, 7) is 7.92. The van der Waals surface area contributed by atoms with E-state index in [0.717, 1.165) is 17.4 Å². The van der Waals surface area contributed by atoms with Gasteiger partial charge in [-0.1, -0.05) is 18.2 Å². The van der Waals surface area contributed by atoms with Crippen molar-refractivity contribution < 1.29 is 22.4 Å². The van der Waals surface area contributed by atoms with E-state index in [0.29, 0.717) is 30.9 Å². The zero-order valence-electron chi connectivity index (χ0n) is 23.0. The maximum atomic E-state index is 14.9. The van der Waals surface area contributed by atoms with Crippen LogP contribution in [-0.2, 0) is 17.5 Å². The molecule has 226 valence electrons. The molecule has 0 saturated carbocycles. The summed E-state index contributed by atoms with van der Waals surface area (Å²) in [5.41, 5.74) is -1.13. The fourth-order valence-corrected chi connectivity index (χ4v) is 9.60. The standard InChI is InChI=1S/C29H25ClF4N4O2S3/c1-4-23(39)38-14(2)8-36(9-15(38)3)27-19-7-20(29(32,33)34)24(22-5-17(30)12-41-22)26-25(19)37(28(40)35-27)10-16(11-43-26)21-6-18(31)13-42-21/h4-7,12-16H,1,8-11H2,2-3H3/t14-,15+,16-/m0/s1. The van der Waals surface area contributed by atoms with Crippen molar-refractivity contribution >= 4 is 68.7 Å². The van der Waals surface area contributed by atoms with E-state index in [1.165, 1.54) is 51.3 Å². The molecule has 0 radical (unpaired) electrons. The molecule has 1 aromatic carbocycles. The van der Waals surface area contributed by atoms with Crippen LogP contribution in [0.15, 0.2) is 51.3 Å². The maximum Gasteiger partial charge on any atom is 0.417 e. The lowest BCUT2D eigenvalue weighted by Crippen LogP contribution is -2.58. The third kappa shape index (κ3) is 5.38. The van der Waals surface area contributed by atoms with Crippen molar-refractivity contribution in [1.29, 1.82) is 0 Å². The Hall–Kier alpha value is -2.87. The van der Waals surface area contributed by atoms with Crippen molar-refractivity contribution in [3.63, 3.8) is 0 Å². The van der Waals surface area contributed by atoms with E-state index in [1.807, 2.05) is 13.8 Å². The molecule has 6 nitrogen and oxygen atoms in total. The predicted molar refractivity (Wildman–Crippen MR) is 165 cm³/mol. The molecular weight excluding hydrogens is 644 g/mol. The van der Waals surface area contributed by atoms with E-state index in [2.05, 4.69) is 11.6 Å². The molecule has 1 saturated heterocycles. The molecule has 0 N–H and O–H groups in total. The Bertz CT molecular complexity index is 1810. The van der Waals surface area contributed by atoms with Crippen molar-refractivity contribution in [3.05, 3.63) is 73.4 Å². The summed E-state index contributed by atoms with van der Waals surface area (Å²) in [5.74, 6) is -0.502. The second-order valence-electron chi connectivity index (χ2n) is 10.7. The first kappa shape index (κ1) is 30.2. The van der Waals surface area contributed by atoms with Crippen molar-refractivity contribution in [2.24, 2.45) is 0 Å². The smallest absolute Gasteiger partial charge is 0.352 e. The SMILES string of the molecule is C=CC(=O)N1[C@H](C)CN(c2nc(=O)n3c4c(c(-c5cc(Cl)cs5)c(C(F)(F)F)cc24)SC[C@@H](c2cc(F)cs2)C3)C[C@@H]1C. The number of benzene rings is 1. The van der Waals surface area contributed by atoms with Gasteiger partial charge in [-0.25, -0.2) is 9.18 Å². The van der Waals surface area contributed by atoms with E-state index in [9.17, 15) is 27.2 Å². The zero-order valence-corrected chi connectivity index (χ0v) is 26.2. The Labute approximate surface area is 261 Å². The van der Waals surface area contributed by atoms with Gasteiger partial charge in [-0.15, -0.1) is 34.4 Å². The minimum absolute atomic E-state index is 0.0339. The number of nitrogens with zero attached hydrogens (tertiary/aromatic N) is 4. The topological polar surface area (TPSA) is 58.4 Å². The summed E-state index contributed by atoms with van der Waals surface area (Å²) >= 11 is 9.72. The van der Waals surface area contributed by atoms with Crippen LogP contribution in [0.3, 0.4) is 0 Å². The molecule has 43 heavy (non-hydrogen) atoms. The minimum Gasteiger partial charge on any atom is -0.352 e. The van der Waals surface area contributed by atoms with Crippen LogP contribution in [0.2, 0.25) is 5.02 Å². The van der Waals surface area contributed by atoms with E-state index < -0.39 is 23.2 Å². The number of rotatable bonds is 4. The molecule has 4 aromatic rings. The fourth-order valence-electron chi connectivity index (χ4n) is 6.06. The van der Waals surface area contributed by atoms with Crippen LogP contribution in [-0.4, -0.2) is 51.3 Å². The average Bonchev–Trinajstić information content (AvgIpc) is 3.52. The van der Waals surface area contributed by atoms with Crippen LogP contribution >= 0.6 is 46.0 Å². The van der Waals surface area contributed by atoms with Gasteiger partial charge in [0.25, 0.3) is 0 Å². The van der Waals surface area contributed by atoms with Crippen LogP contribution in [0.1, 0.15) is 30.2 Å². The van der Waals surface area contributed by atoms with Gasteiger partial charge >= 0.3 is 11.9 Å². The van der Waals surface area contributed by atoms with E-state index in [-0.39, 0.29) is 60.3 Å². The molecule has 2 aliphatic heterocycles. The number of hydrogen-bond acceptors (Lipinski definition) is 7. The minimum atomic E-state index is -4.73. The summed E-state index contributed by atoms with van der Waals surface area (Å²) in [6.07, 6.45) is -3.49. The molecule has 0 bridgehead atoms.